The number of aromatic nitrogens is 1. The lowest BCUT2D eigenvalue weighted by atomic mass is 10.0. The molecule has 0 atom stereocenters. The fraction of sp³-hybridized carbons (Fsp3) is 0.342. The maximum absolute atomic E-state index is 16.1. The predicted molar refractivity (Wildman–Crippen MR) is 189 cm³/mol. The van der Waals surface area contributed by atoms with Crippen LogP contribution in [0.5, 0.6) is 17.4 Å². The molecule has 5 rings (SSSR count). The van der Waals surface area contributed by atoms with Crippen molar-refractivity contribution in [3.05, 3.63) is 95.4 Å². The van der Waals surface area contributed by atoms with Crippen LogP contribution in [0, 0.1) is 5.82 Å². The molecule has 276 valence electrons. The number of anilines is 2. The Morgan fingerprint density at radius 1 is 0.942 bits per heavy atom. The molecule has 1 fully saturated rings. The van der Waals surface area contributed by atoms with Crippen LogP contribution in [0.1, 0.15) is 35.3 Å². The van der Waals surface area contributed by atoms with E-state index in [0.29, 0.717) is 41.8 Å². The summed E-state index contributed by atoms with van der Waals surface area (Å²) in [5.74, 6) is -1.04. The molecule has 0 saturated carbocycles. The zero-order valence-electron chi connectivity index (χ0n) is 29.4. The maximum atomic E-state index is 16.1. The Morgan fingerprint density at radius 3 is 2.29 bits per heavy atom. The van der Waals surface area contributed by atoms with E-state index in [9.17, 15) is 22.8 Å². The summed E-state index contributed by atoms with van der Waals surface area (Å²) in [4.78, 5) is 36.1. The van der Waals surface area contributed by atoms with E-state index >= 15 is 4.39 Å². The Morgan fingerprint density at radius 2 is 1.65 bits per heavy atom. The van der Waals surface area contributed by atoms with E-state index in [1.54, 1.807) is 20.1 Å². The van der Waals surface area contributed by atoms with Crippen molar-refractivity contribution in [2.24, 2.45) is 0 Å². The van der Waals surface area contributed by atoms with Gasteiger partial charge in [-0.05, 0) is 67.6 Å². The average Bonchev–Trinajstić information content (AvgIpc) is 3.12. The van der Waals surface area contributed by atoms with Gasteiger partial charge in [0.1, 0.15) is 23.9 Å². The smallest absolute Gasteiger partial charge is 0.416 e. The summed E-state index contributed by atoms with van der Waals surface area (Å²) < 4.78 is 74.3. The van der Waals surface area contributed by atoms with E-state index in [1.165, 1.54) is 24.4 Å². The number of nitrogens with zero attached hydrogens (tertiary/aromatic N) is 4. The van der Waals surface area contributed by atoms with Crippen molar-refractivity contribution in [2.75, 3.05) is 64.9 Å². The lowest BCUT2D eigenvalue weighted by molar-refractivity contribution is -0.137. The Bertz CT molecular complexity index is 1860. The zero-order valence-corrected chi connectivity index (χ0v) is 29.4. The molecule has 3 aromatic carbocycles. The third kappa shape index (κ3) is 9.36. The average molecular weight is 724 g/mol. The maximum Gasteiger partial charge on any atom is 0.416 e. The molecule has 10 nitrogen and oxygen atoms in total. The van der Waals surface area contributed by atoms with E-state index in [4.69, 9.17) is 14.2 Å². The Hall–Kier alpha value is -5.21. The van der Waals surface area contributed by atoms with Crippen LogP contribution in [0.2, 0.25) is 0 Å². The van der Waals surface area contributed by atoms with Gasteiger partial charge in [-0.25, -0.2) is 9.37 Å². The van der Waals surface area contributed by atoms with Gasteiger partial charge in [-0.1, -0.05) is 18.2 Å². The van der Waals surface area contributed by atoms with E-state index in [-0.39, 0.29) is 30.4 Å². The largest absolute Gasteiger partial charge is 0.497 e. The van der Waals surface area contributed by atoms with Crippen molar-refractivity contribution < 1.29 is 41.4 Å². The highest BCUT2D eigenvalue weighted by atomic mass is 19.4. The molecular formula is C38H41F4N5O5. The number of rotatable bonds is 13. The summed E-state index contributed by atoms with van der Waals surface area (Å²) in [5, 5.41) is 2.68. The molecule has 14 heteroatoms. The van der Waals surface area contributed by atoms with Crippen LogP contribution < -0.4 is 24.4 Å². The van der Waals surface area contributed by atoms with E-state index in [1.807, 2.05) is 31.3 Å². The minimum atomic E-state index is -4.76. The highest BCUT2D eigenvalue weighted by molar-refractivity contribution is 6.08. The number of carbonyl (C=O) groups is 2. The normalized spacial score (nSPS) is 13.8. The van der Waals surface area contributed by atoms with Gasteiger partial charge in [-0.3, -0.25) is 19.4 Å². The van der Waals surface area contributed by atoms with Gasteiger partial charge < -0.3 is 24.4 Å². The fourth-order valence-corrected chi connectivity index (χ4v) is 5.78. The first-order valence-electron chi connectivity index (χ1n) is 16.8. The third-order valence-corrected chi connectivity index (χ3v) is 8.62. The molecule has 0 radical (unpaired) electrons. The van der Waals surface area contributed by atoms with Crippen molar-refractivity contribution in [2.45, 2.75) is 26.6 Å². The summed E-state index contributed by atoms with van der Waals surface area (Å²) in [6, 6.07) is 15.4. The van der Waals surface area contributed by atoms with Crippen LogP contribution in [0.15, 0.2) is 72.9 Å². The molecule has 1 N–H and O–H groups in total. The van der Waals surface area contributed by atoms with Crippen molar-refractivity contribution in [1.29, 1.82) is 0 Å². The van der Waals surface area contributed by atoms with Crippen molar-refractivity contribution >= 4 is 23.2 Å². The number of methoxy groups -OCH3 is 1. The highest BCUT2D eigenvalue weighted by Crippen LogP contribution is 2.39. The summed E-state index contributed by atoms with van der Waals surface area (Å²) in [5.41, 5.74) is -0.263. The first-order chi connectivity index (χ1) is 24.9. The number of piperazine rings is 1. The second kappa shape index (κ2) is 16.9. The van der Waals surface area contributed by atoms with Gasteiger partial charge in [0.05, 0.1) is 36.2 Å². The first-order valence-corrected chi connectivity index (χ1v) is 16.8. The van der Waals surface area contributed by atoms with E-state index in [0.717, 1.165) is 55.7 Å². The van der Waals surface area contributed by atoms with Crippen molar-refractivity contribution in [3.63, 3.8) is 0 Å². The Kier molecular flexibility index (Phi) is 12.3. The molecule has 0 bridgehead atoms. The molecule has 4 aromatic rings. The second-order valence-corrected chi connectivity index (χ2v) is 12.2. The zero-order chi connectivity index (χ0) is 37.4. The van der Waals surface area contributed by atoms with Crippen LogP contribution in [0.4, 0.5) is 28.9 Å². The molecule has 1 aliphatic rings. The molecule has 1 saturated heterocycles. The van der Waals surface area contributed by atoms with Crippen LogP contribution in [0.25, 0.3) is 11.1 Å². The van der Waals surface area contributed by atoms with Gasteiger partial charge in [-0.2, -0.15) is 13.2 Å². The van der Waals surface area contributed by atoms with Gasteiger partial charge >= 0.3 is 6.18 Å². The molecule has 1 aromatic heterocycles. The van der Waals surface area contributed by atoms with Crippen LogP contribution in [-0.2, 0) is 17.6 Å². The van der Waals surface area contributed by atoms with Crippen LogP contribution >= 0.6 is 0 Å². The summed E-state index contributed by atoms with van der Waals surface area (Å²) in [6.45, 7) is 7.42. The van der Waals surface area contributed by atoms with Gasteiger partial charge in [0.2, 0.25) is 11.8 Å². The number of amides is 2. The lowest BCUT2D eigenvalue weighted by Crippen LogP contribution is -2.47. The number of hydrogen-bond donors (Lipinski definition) is 1. The Balaban J connectivity index is 1.41. The summed E-state index contributed by atoms with van der Waals surface area (Å²) in [7, 11) is 3.60. The molecule has 0 spiro atoms. The standard InChI is InChI=1S/C38H41F4N5O5/c1-5-51-35-22-36(52-24-26-6-10-29(50-4)11-7-26)44-23-31(35)27-8-12-34(32(39)20-27)47(25(2)48)33-13-9-28(38(40,41)42)21-30(33)37(49)43-14-15-46-18-16-45(3)17-19-46/h6-13,20-23H,5,14-19,24H2,1-4H3,(H,43,49). The van der Waals surface area contributed by atoms with E-state index < -0.39 is 34.9 Å². The summed E-state index contributed by atoms with van der Waals surface area (Å²) >= 11 is 0. The number of halogens is 4. The number of pyridine rings is 1. The van der Waals surface area contributed by atoms with Gasteiger partial charge in [0.15, 0.2) is 0 Å². The fourth-order valence-electron chi connectivity index (χ4n) is 5.78. The topological polar surface area (TPSA) is 96.5 Å². The monoisotopic (exact) mass is 723 g/mol. The highest BCUT2D eigenvalue weighted by Gasteiger charge is 2.33. The quantitative estimate of drug-likeness (QED) is 0.155. The van der Waals surface area contributed by atoms with Gasteiger partial charge in [-0.15, -0.1) is 0 Å². The minimum absolute atomic E-state index is 0.170. The van der Waals surface area contributed by atoms with Crippen molar-refractivity contribution in [3.8, 4) is 28.5 Å². The van der Waals surface area contributed by atoms with Gasteiger partial charge in [0, 0.05) is 64.0 Å². The minimum Gasteiger partial charge on any atom is -0.497 e. The predicted octanol–water partition coefficient (Wildman–Crippen LogP) is 6.55. The molecule has 0 aliphatic carbocycles. The molecule has 0 unspecified atom stereocenters. The van der Waals surface area contributed by atoms with Gasteiger partial charge in [0.25, 0.3) is 5.91 Å². The second-order valence-electron chi connectivity index (χ2n) is 12.2. The molecule has 1 aliphatic heterocycles. The first kappa shape index (κ1) is 38.0. The Labute approximate surface area is 299 Å². The van der Waals surface area contributed by atoms with Crippen LogP contribution in [-0.4, -0.2) is 86.6 Å². The van der Waals surface area contributed by atoms with Crippen LogP contribution in [0.3, 0.4) is 0 Å². The number of nitrogens with one attached hydrogen (secondary N) is 1. The van der Waals surface area contributed by atoms with E-state index in [2.05, 4.69) is 20.1 Å². The third-order valence-electron chi connectivity index (χ3n) is 8.62. The molecule has 2 heterocycles. The van der Waals surface area contributed by atoms with Crippen molar-refractivity contribution in [1.82, 2.24) is 20.1 Å². The number of ether oxygens (including phenoxy) is 3. The number of alkyl halides is 3. The molecule has 2 amide bonds. The molecule has 52 heavy (non-hydrogen) atoms. The number of benzene rings is 3. The number of likely N-dealkylation sites (N-methyl/N-ethyl adjacent to an activating group) is 1. The summed E-state index contributed by atoms with van der Waals surface area (Å²) in [6.07, 6.45) is -3.28. The molecular weight excluding hydrogens is 682 g/mol. The number of hydrogen-bond acceptors (Lipinski definition) is 8. The number of carbonyl (C=O) groups excluding carboxylic acids is 2. The lowest BCUT2D eigenvalue weighted by Gasteiger charge is -2.32. The SMILES string of the molecule is CCOc1cc(OCc2ccc(OC)cc2)ncc1-c1ccc(N(C(C)=O)c2ccc(C(F)(F)F)cc2C(=O)NCCN2CCN(C)CC2)c(F)c1.